The number of hydrogen-bond donors (Lipinski definition) is 2. The molecule has 0 aromatic heterocycles. The molecule has 0 aromatic rings. The molecule has 2 saturated carbocycles. The molecule has 0 atom stereocenters. The molecule has 104 valence electrons. The second kappa shape index (κ2) is 5.60. The van der Waals surface area contributed by atoms with Crippen molar-refractivity contribution in [2.45, 2.75) is 77.3 Å². The van der Waals surface area contributed by atoms with Gasteiger partial charge in [0.25, 0.3) is 0 Å². The molecule has 1 amide bonds. The number of carbonyl (C=O) groups is 1. The summed E-state index contributed by atoms with van der Waals surface area (Å²) in [5.41, 5.74) is 5.87. The Labute approximate surface area is 111 Å². The Hall–Kier alpha value is -0.570. The second-order valence-electron chi connectivity index (χ2n) is 6.82. The van der Waals surface area contributed by atoms with E-state index in [1.165, 1.54) is 6.42 Å². The number of rotatable bonds is 4. The molecule has 0 spiro atoms. The number of carbonyl (C=O) groups excluding carboxylic acids is 1. The van der Waals surface area contributed by atoms with Gasteiger partial charge in [-0.25, -0.2) is 0 Å². The van der Waals surface area contributed by atoms with Crippen LogP contribution in [0.15, 0.2) is 0 Å². The van der Waals surface area contributed by atoms with E-state index in [9.17, 15) is 4.79 Å². The molecule has 0 heterocycles. The topological polar surface area (TPSA) is 55.1 Å². The highest BCUT2D eigenvalue weighted by molar-refractivity contribution is 5.83. The van der Waals surface area contributed by atoms with Crippen molar-refractivity contribution in [2.24, 2.45) is 17.1 Å². The SMILES string of the molecule is CC(C)CC1(C(=O)NC2CCC(N)CC2)CCC1. The molecule has 0 bridgehead atoms. The molecule has 0 radical (unpaired) electrons. The minimum absolute atomic E-state index is 0.0340. The maximum Gasteiger partial charge on any atom is 0.226 e. The van der Waals surface area contributed by atoms with E-state index in [2.05, 4.69) is 19.2 Å². The molecule has 3 heteroatoms. The number of amides is 1. The maximum atomic E-state index is 12.5. The molecule has 2 rings (SSSR count). The highest BCUT2D eigenvalue weighted by atomic mass is 16.2. The third-order valence-corrected chi connectivity index (χ3v) is 4.70. The zero-order valence-electron chi connectivity index (χ0n) is 11.9. The fourth-order valence-corrected chi connectivity index (χ4v) is 3.51. The minimum Gasteiger partial charge on any atom is -0.353 e. The van der Waals surface area contributed by atoms with Crippen molar-refractivity contribution < 1.29 is 4.79 Å². The summed E-state index contributed by atoms with van der Waals surface area (Å²) in [6, 6.07) is 0.730. The van der Waals surface area contributed by atoms with E-state index in [1.54, 1.807) is 0 Å². The van der Waals surface area contributed by atoms with Gasteiger partial charge in [-0.15, -0.1) is 0 Å². The van der Waals surface area contributed by atoms with Gasteiger partial charge in [-0.1, -0.05) is 20.3 Å². The third-order valence-electron chi connectivity index (χ3n) is 4.70. The molecule has 0 aliphatic heterocycles. The Morgan fingerprint density at radius 3 is 2.33 bits per heavy atom. The number of nitrogens with two attached hydrogens (primary N) is 1. The fraction of sp³-hybridized carbons (Fsp3) is 0.933. The lowest BCUT2D eigenvalue weighted by molar-refractivity contribution is -0.138. The van der Waals surface area contributed by atoms with E-state index in [0.717, 1.165) is 44.9 Å². The van der Waals surface area contributed by atoms with Crippen LogP contribution in [-0.4, -0.2) is 18.0 Å². The molecule has 3 nitrogen and oxygen atoms in total. The second-order valence-corrected chi connectivity index (χ2v) is 6.82. The molecular formula is C15H28N2O. The first kappa shape index (κ1) is 13.9. The van der Waals surface area contributed by atoms with E-state index >= 15 is 0 Å². The zero-order chi connectivity index (χ0) is 13.2. The van der Waals surface area contributed by atoms with Crippen LogP contribution in [-0.2, 0) is 4.79 Å². The normalized spacial score (nSPS) is 30.9. The van der Waals surface area contributed by atoms with Crippen molar-refractivity contribution in [3.8, 4) is 0 Å². The fourth-order valence-electron chi connectivity index (χ4n) is 3.51. The van der Waals surface area contributed by atoms with Crippen LogP contribution in [0.4, 0.5) is 0 Å². The van der Waals surface area contributed by atoms with Crippen molar-refractivity contribution in [2.75, 3.05) is 0 Å². The highest BCUT2D eigenvalue weighted by Crippen LogP contribution is 2.46. The first-order valence-corrected chi connectivity index (χ1v) is 7.58. The van der Waals surface area contributed by atoms with Crippen LogP contribution in [0.2, 0.25) is 0 Å². The summed E-state index contributed by atoms with van der Waals surface area (Å²) >= 11 is 0. The predicted molar refractivity (Wildman–Crippen MR) is 74.1 cm³/mol. The van der Waals surface area contributed by atoms with Gasteiger partial charge in [0, 0.05) is 17.5 Å². The van der Waals surface area contributed by atoms with Gasteiger partial charge in [0.05, 0.1) is 0 Å². The minimum atomic E-state index is -0.0340. The lowest BCUT2D eigenvalue weighted by Gasteiger charge is -2.43. The summed E-state index contributed by atoms with van der Waals surface area (Å²) in [6.45, 7) is 4.43. The van der Waals surface area contributed by atoms with E-state index in [1.807, 2.05) is 0 Å². The van der Waals surface area contributed by atoms with Crippen LogP contribution < -0.4 is 11.1 Å². The average molecular weight is 252 g/mol. The first-order valence-electron chi connectivity index (χ1n) is 7.58. The Morgan fingerprint density at radius 2 is 1.89 bits per heavy atom. The van der Waals surface area contributed by atoms with Gasteiger partial charge in [-0.05, 0) is 50.9 Å². The molecule has 2 aliphatic carbocycles. The van der Waals surface area contributed by atoms with Crippen LogP contribution in [0.5, 0.6) is 0 Å². The van der Waals surface area contributed by atoms with Gasteiger partial charge in [0.15, 0.2) is 0 Å². The van der Waals surface area contributed by atoms with E-state index in [4.69, 9.17) is 5.73 Å². The lowest BCUT2D eigenvalue weighted by Crippen LogP contribution is -2.51. The van der Waals surface area contributed by atoms with Crippen LogP contribution in [0, 0.1) is 11.3 Å². The molecule has 0 aromatic carbocycles. The third kappa shape index (κ3) is 3.05. The number of hydrogen-bond acceptors (Lipinski definition) is 2. The maximum absolute atomic E-state index is 12.5. The van der Waals surface area contributed by atoms with E-state index < -0.39 is 0 Å². The van der Waals surface area contributed by atoms with Crippen molar-refractivity contribution in [3.63, 3.8) is 0 Å². The van der Waals surface area contributed by atoms with Crippen LogP contribution in [0.3, 0.4) is 0 Å². The Kier molecular flexibility index (Phi) is 4.31. The monoisotopic (exact) mass is 252 g/mol. The van der Waals surface area contributed by atoms with Gasteiger partial charge >= 0.3 is 0 Å². The van der Waals surface area contributed by atoms with Crippen molar-refractivity contribution >= 4 is 5.91 Å². The summed E-state index contributed by atoms with van der Waals surface area (Å²) < 4.78 is 0. The van der Waals surface area contributed by atoms with Crippen LogP contribution in [0.25, 0.3) is 0 Å². The van der Waals surface area contributed by atoms with E-state index in [0.29, 0.717) is 23.9 Å². The highest BCUT2D eigenvalue weighted by Gasteiger charge is 2.44. The Balaban J connectivity index is 1.86. The summed E-state index contributed by atoms with van der Waals surface area (Å²) in [5, 5.41) is 3.29. The summed E-state index contributed by atoms with van der Waals surface area (Å²) in [7, 11) is 0. The Morgan fingerprint density at radius 1 is 1.28 bits per heavy atom. The van der Waals surface area contributed by atoms with Gasteiger partial charge in [-0.2, -0.15) is 0 Å². The molecule has 0 unspecified atom stereocenters. The summed E-state index contributed by atoms with van der Waals surface area (Å²) in [5.74, 6) is 0.929. The molecule has 3 N–H and O–H groups in total. The van der Waals surface area contributed by atoms with Crippen LogP contribution >= 0.6 is 0 Å². The molecule has 2 fully saturated rings. The predicted octanol–water partition coefficient (Wildman–Crippen LogP) is 2.59. The van der Waals surface area contributed by atoms with Gasteiger partial charge in [0.1, 0.15) is 0 Å². The lowest BCUT2D eigenvalue weighted by atomic mass is 9.64. The standard InChI is InChI=1S/C15H28N2O/c1-11(2)10-15(8-3-9-15)14(18)17-13-6-4-12(16)5-7-13/h11-13H,3-10,16H2,1-2H3,(H,17,18). The number of nitrogens with one attached hydrogen (secondary N) is 1. The smallest absolute Gasteiger partial charge is 0.226 e. The first-order chi connectivity index (χ1) is 8.52. The van der Waals surface area contributed by atoms with Crippen molar-refractivity contribution in [1.82, 2.24) is 5.32 Å². The Bertz CT molecular complexity index is 289. The average Bonchev–Trinajstić information content (AvgIpc) is 2.26. The molecule has 2 aliphatic rings. The summed E-state index contributed by atoms with van der Waals surface area (Å²) in [4.78, 5) is 12.5. The van der Waals surface area contributed by atoms with Crippen LogP contribution in [0.1, 0.15) is 65.2 Å². The van der Waals surface area contributed by atoms with Crippen molar-refractivity contribution in [1.29, 1.82) is 0 Å². The van der Waals surface area contributed by atoms with Gasteiger partial charge in [0.2, 0.25) is 5.91 Å². The zero-order valence-corrected chi connectivity index (χ0v) is 11.9. The van der Waals surface area contributed by atoms with Gasteiger partial charge < -0.3 is 11.1 Å². The molecular weight excluding hydrogens is 224 g/mol. The molecule has 0 saturated heterocycles. The van der Waals surface area contributed by atoms with Crippen molar-refractivity contribution in [3.05, 3.63) is 0 Å². The summed E-state index contributed by atoms with van der Waals surface area (Å²) in [6.07, 6.45) is 8.67. The van der Waals surface area contributed by atoms with E-state index in [-0.39, 0.29) is 5.41 Å². The molecule has 18 heavy (non-hydrogen) atoms. The largest absolute Gasteiger partial charge is 0.353 e. The quantitative estimate of drug-likeness (QED) is 0.808. The van der Waals surface area contributed by atoms with Gasteiger partial charge in [-0.3, -0.25) is 4.79 Å².